The molecule has 1 aromatic rings. The number of fused-ring (bicyclic) bond motifs is 1. The lowest BCUT2D eigenvalue weighted by molar-refractivity contribution is -0.328. The van der Waals surface area contributed by atoms with Gasteiger partial charge < -0.3 is 23.7 Å². The largest absolute Gasteiger partial charge is 0.465 e. The Bertz CT molecular complexity index is 1120. The Morgan fingerprint density at radius 3 is 1.94 bits per heavy atom. The van der Waals surface area contributed by atoms with Crippen LogP contribution >= 0.6 is 0 Å². The molecule has 12 heteroatoms. The molecular weight excluding hydrogens is 480 g/mol. The molecule has 1 heterocycles. The van der Waals surface area contributed by atoms with Crippen LogP contribution in [0.2, 0.25) is 0 Å². The number of rotatable bonds is 7. The van der Waals surface area contributed by atoms with Gasteiger partial charge in [0.2, 0.25) is 24.5 Å². The van der Waals surface area contributed by atoms with Crippen molar-refractivity contribution < 1.29 is 57.2 Å². The summed E-state index contributed by atoms with van der Waals surface area (Å²) in [6, 6.07) is 6.11. The Kier molecular flexibility index (Phi) is 8.20. The van der Waals surface area contributed by atoms with Gasteiger partial charge in [-0.05, 0) is 0 Å². The van der Waals surface area contributed by atoms with Gasteiger partial charge in [0.1, 0.15) is 6.61 Å². The zero-order valence-corrected chi connectivity index (χ0v) is 19.9. The van der Waals surface area contributed by atoms with Crippen molar-refractivity contribution in [3.8, 4) is 0 Å². The number of Topliss-reactive ketones (excluding diaryl/α,β-unsaturated/α-hetero) is 1. The molecule has 1 saturated heterocycles. The van der Waals surface area contributed by atoms with E-state index >= 15 is 0 Å². The van der Waals surface area contributed by atoms with E-state index in [0.29, 0.717) is 0 Å². The molecule has 192 valence electrons. The minimum absolute atomic E-state index is 0.0956. The van der Waals surface area contributed by atoms with Gasteiger partial charge in [-0.1, -0.05) is 24.3 Å². The molecule has 0 amide bonds. The molecule has 0 bridgehead atoms. The van der Waals surface area contributed by atoms with Crippen molar-refractivity contribution in [3.63, 3.8) is 0 Å². The summed E-state index contributed by atoms with van der Waals surface area (Å²) in [6.45, 7) is 3.90. The molecule has 0 radical (unpaired) electrons. The van der Waals surface area contributed by atoms with Crippen LogP contribution in [0.5, 0.6) is 0 Å². The Morgan fingerprint density at radius 2 is 1.36 bits per heavy atom. The summed E-state index contributed by atoms with van der Waals surface area (Å²) in [4.78, 5) is 72.5. The molecule has 12 nitrogen and oxygen atoms in total. The zero-order chi connectivity index (χ0) is 26.6. The third kappa shape index (κ3) is 6.13. The maximum Gasteiger partial charge on any atom is 0.305 e. The Hall–Kier alpha value is -4.06. The number of hydrogen-bond donors (Lipinski definition) is 0. The van der Waals surface area contributed by atoms with E-state index in [4.69, 9.17) is 28.4 Å². The van der Waals surface area contributed by atoms with Crippen LogP contribution in [-0.2, 0) is 47.6 Å². The second-order valence-electron chi connectivity index (χ2n) is 7.96. The summed E-state index contributed by atoms with van der Waals surface area (Å²) < 4.78 is 32.2. The van der Waals surface area contributed by atoms with Crippen LogP contribution in [0.1, 0.15) is 48.4 Å². The van der Waals surface area contributed by atoms with Crippen LogP contribution in [0.15, 0.2) is 36.1 Å². The van der Waals surface area contributed by atoms with E-state index in [-0.39, 0.29) is 11.1 Å². The van der Waals surface area contributed by atoms with E-state index in [1.54, 1.807) is 12.1 Å². The first-order valence-electron chi connectivity index (χ1n) is 10.8. The minimum atomic E-state index is -1.63. The van der Waals surface area contributed by atoms with Crippen molar-refractivity contribution in [2.24, 2.45) is 5.92 Å². The average molecular weight is 504 g/mol. The number of allylic oxidation sites excluding steroid dienone is 2. The fourth-order valence-electron chi connectivity index (χ4n) is 3.79. The standard InChI is InChI=1S/C24H24O12/c1-11(25)31-10-17-21(32-12(2)26)22(33-13(3)27)24(34-14(4)28)36-23(17)35-19-9-18(29)15-7-5-6-8-16(15)20(19)30/h5-9,17,21-24H,10H2,1-4H3/t17-,21-,22+,23-,24+/m1/s1. The van der Waals surface area contributed by atoms with E-state index in [1.807, 2.05) is 0 Å². The number of hydrogen-bond acceptors (Lipinski definition) is 12. The fraction of sp³-hybridized carbons (Fsp3) is 0.417. The van der Waals surface area contributed by atoms with Crippen molar-refractivity contribution in [2.75, 3.05) is 6.61 Å². The van der Waals surface area contributed by atoms with Gasteiger partial charge in [-0.2, -0.15) is 0 Å². The van der Waals surface area contributed by atoms with E-state index in [9.17, 15) is 28.8 Å². The number of carbonyl (C=O) groups excluding carboxylic acids is 6. The summed E-state index contributed by atoms with van der Waals surface area (Å²) in [5.74, 6) is -5.83. The number of benzene rings is 1. The number of ether oxygens (including phenoxy) is 6. The highest BCUT2D eigenvalue weighted by molar-refractivity contribution is 6.23. The third-order valence-electron chi connectivity index (χ3n) is 5.16. The van der Waals surface area contributed by atoms with Crippen molar-refractivity contribution in [1.82, 2.24) is 0 Å². The van der Waals surface area contributed by atoms with Crippen molar-refractivity contribution >= 4 is 35.4 Å². The predicted molar refractivity (Wildman–Crippen MR) is 116 cm³/mol. The van der Waals surface area contributed by atoms with Crippen molar-refractivity contribution in [3.05, 3.63) is 47.2 Å². The molecular formula is C24H24O12. The normalized spacial score (nSPS) is 25.1. The van der Waals surface area contributed by atoms with Gasteiger partial charge in [-0.3, -0.25) is 33.5 Å². The van der Waals surface area contributed by atoms with E-state index in [2.05, 4.69) is 0 Å². The molecule has 36 heavy (non-hydrogen) atoms. The average Bonchev–Trinajstić information content (AvgIpc) is 2.78. The first-order valence-corrected chi connectivity index (χ1v) is 10.8. The summed E-state index contributed by atoms with van der Waals surface area (Å²) in [7, 11) is 0. The first-order chi connectivity index (χ1) is 17.0. The van der Waals surface area contributed by atoms with E-state index in [0.717, 1.165) is 33.8 Å². The molecule has 0 spiro atoms. The second kappa shape index (κ2) is 11.1. The summed E-state index contributed by atoms with van der Waals surface area (Å²) >= 11 is 0. The van der Waals surface area contributed by atoms with Crippen molar-refractivity contribution in [2.45, 2.75) is 52.5 Å². The lowest BCUT2D eigenvalue weighted by Gasteiger charge is -2.44. The van der Waals surface area contributed by atoms with Gasteiger partial charge in [0.25, 0.3) is 0 Å². The molecule has 0 saturated carbocycles. The van der Waals surface area contributed by atoms with Gasteiger partial charge in [0.15, 0.2) is 17.6 Å². The highest BCUT2D eigenvalue weighted by Gasteiger charge is 2.53. The third-order valence-corrected chi connectivity index (χ3v) is 5.16. The van der Waals surface area contributed by atoms with Crippen LogP contribution in [0, 0.1) is 5.92 Å². The maximum atomic E-state index is 13.0. The fourth-order valence-corrected chi connectivity index (χ4v) is 3.79. The van der Waals surface area contributed by atoms with Crippen LogP contribution < -0.4 is 0 Å². The van der Waals surface area contributed by atoms with Gasteiger partial charge in [-0.25, -0.2) is 0 Å². The Morgan fingerprint density at radius 1 is 0.778 bits per heavy atom. The lowest BCUT2D eigenvalue weighted by atomic mass is 9.92. The second-order valence-corrected chi connectivity index (χ2v) is 7.96. The van der Waals surface area contributed by atoms with Gasteiger partial charge in [0, 0.05) is 44.9 Å². The molecule has 5 atom stereocenters. The van der Waals surface area contributed by atoms with E-state index < -0.39 is 78.5 Å². The summed E-state index contributed by atoms with van der Waals surface area (Å²) in [5, 5.41) is 0. The maximum absolute atomic E-state index is 13.0. The molecule has 0 N–H and O–H groups in total. The number of carbonyl (C=O) groups is 6. The SMILES string of the molecule is CC(=O)OC[C@H]1[C@H](OC2=CC(=O)c3ccccc3C2=O)O[C@H](OC(C)=O)[C@@H](OC(C)=O)[C@@H]1OC(C)=O. The van der Waals surface area contributed by atoms with Gasteiger partial charge >= 0.3 is 23.9 Å². The van der Waals surface area contributed by atoms with Gasteiger partial charge in [0.05, 0.1) is 5.92 Å². The zero-order valence-electron chi connectivity index (χ0n) is 19.9. The number of ketones is 2. The molecule has 3 rings (SSSR count). The summed E-state index contributed by atoms with van der Waals surface area (Å²) in [5.41, 5.74) is 0.277. The van der Waals surface area contributed by atoms with Crippen LogP contribution in [0.3, 0.4) is 0 Å². The van der Waals surface area contributed by atoms with E-state index in [1.165, 1.54) is 12.1 Å². The van der Waals surface area contributed by atoms with Crippen LogP contribution in [-0.4, -0.2) is 66.8 Å². The molecule has 2 aliphatic rings. The predicted octanol–water partition coefficient (Wildman–Crippen LogP) is 1.25. The quantitative estimate of drug-likeness (QED) is 0.387. The highest BCUT2D eigenvalue weighted by Crippen LogP contribution is 2.35. The smallest absolute Gasteiger partial charge is 0.305 e. The molecule has 0 aromatic heterocycles. The Balaban J connectivity index is 2.01. The molecule has 1 fully saturated rings. The Labute approximate surface area is 205 Å². The summed E-state index contributed by atoms with van der Waals surface area (Å²) in [6.07, 6.45) is -5.06. The van der Waals surface area contributed by atoms with Crippen LogP contribution in [0.25, 0.3) is 0 Å². The lowest BCUT2D eigenvalue weighted by Crippen LogP contribution is -2.60. The topological polar surface area (TPSA) is 158 Å². The molecule has 0 unspecified atom stereocenters. The monoisotopic (exact) mass is 504 g/mol. The van der Waals surface area contributed by atoms with Crippen LogP contribution in [0.4, 0.5) is 0 Å². The highest BCUT2D eigenvalue weighted by atomic mass is 16.8. The number of esters is 4. The molecule has 1 aromatic carbocycles. The van der Waals surface area contributed by atoms with Crippen molar-refractivity contribution in [1.29, 1.82) is 0 Å². The first kappa shape index (κ1) is 26.5. The molecule has 1 aliphatic heterocycles. The molecule has 1 aliphatic carbocycles. The minimum Gasteiger partial charge on any atom is -0.465 e. The van der Waals surface area contributed by atoms with Gasteiger partial charge in [-0.15, -0.1) is 0 Å².